The van der Waals surface area contributed by atoms with E-state index in [1.165, 1.54) is 12.8 Å². The van der Waals surface area contributed by atoms with Crippen LogP contribution in [0.5, 0.6) is 5.75 Å². The number of hydrogen-bond donors (Lipinski definition) is 3. The third-order valence-corrected chi connectivity index (χ3v) is 6.79. The molecule has 1 saturated heterocycles. The molecule has 1 aliphatic carbocycles. The first kappa shape index (κ1) is 24.0. The van der Waals surface area contributed by atoms with Gasteiger partial charge in [-0.25, -0.2) is 4.79 Å². The van der Waals surface area contributed by atoms with Gasteiger partial charge in [-0.15, -0.1) is 0 Å². The van der Waals surface area contributed by atoms with E-state index in [1.807, 2.05) is 13.0 Å². The summed E-state index contributed by atoms with van der Waals surface area (Å²) < 4.78 is 6.07. The molecule has 1 atom stereocenters. The van der Waals surface area contributed by atoms with E-state index >= 15 is 0 Å². The largest absolute Gasteiger partial charge is 0.483 e. The van der Waals surface area contributed by atoms with Crippen LogP contribution >= 0.6 is 22.6 Å². The van der Waals surface area contributed by atoms with Crippen LogP contribution in [-0.4, -0.2) is 40.5 Å². The molecule has 3 amide bonds. The number of aryl methyl sites for hydroxylation is 1. The summed E-state index contributed by atoms with van der Waals surface area (Å²) in [5.74, 6) is 1.09. The number of Topliss-reactive ketones (excluding diaryl/α,β-unsaturated/α-hetero) is 1. The number of ether oxygens (including phenoxy) is 1. The lowest BCUT2D eigenvalue weighted by molar-refractivity contribution is -0.124. The molecule has 7 nitrogen and oxygen atoms in total. The molecule has 3 N–H and O–H groups in total. The summed E-state index contributed by atoms with van der Waals surface area (Å²) in [6, 6.07) is 5.34. The normalized spacial score (nSPS) is 25.8. The van der Waals surface area contributed by atoms with Gasteiger partial charge in [-0.3, -0.25) is 14.9 Å². The molecule has 1 aromatic carbocycles. The summed E-state index contributed by atoms with van der Waals surface area (Å²) >= 11 is 2.13. The molecule has 1 heterocycles. The highest BCUT2D eigenvalue weighted by molar-refractivity contribution is 14.1. The quantitative estimate of drug-likeness (QED) is 0.182. The van der Waals surface area contributed by atoms with Gasteiger partial charge in [0.05, 0.1) is 0 Å². The molecule has 31 heavy (non-hydrogen) atoms. The summed E-state index contributed by atoms with van der Waals surface area (Å²) in [6.07, 6.45) is 5.61. The maximum absolute atomic E-state index is 13.0. The van der Waals surface area contributed by atoms with Crippen LogP contribution in [0.2, 0.25) is 0 Å². The highest BCUT2D eigenvalue weighted by Gasteiger charge is 2.46. The molecule has 0 bridgehead atoms. The molecule has 0 aromatic heterocycles. The van der Waals surface area contributed by atoms with E-state index in [1.54, 1.807) is 12.1 Å². The number of amides is 3. The van der Waals surface area contributed by atoms with Crippen LogP contribution < -0.4 is 20.7 Å². The number of alkyl halides is 1. The number of carbonyl (C=O) groups excluding carboxylic acids is 3. The topological polar surface area (TPSA) is 96.5 Å². The number of imide groups is 1. The smallest absolute Gasteiger partial charge is 0.322 e. The minimum atomic E-state index is -1.09. The van der Waals surface area contributed by atoms with E-state index in [9.17, 15) is 14.4 Å². The van der Waals surface area contributed by atoms with Gasteiger partial charge in [-0.05, 0) is 90.8 Å². The van der Waals surface area contributed by atoms with Crippen LogP contribution in [0.15, 0.2) is 18.2 Å². The van der Waals surface area contributed by atoms with Crippen molar-refractivity contribution < 1.29 is 19.1 Å². The van der Waals surface area contributed by atoms with Crippen molar-refractivity contribution in [2.45, 2.75) is 70.4 Å². The second-order valence-corrected chi connectivity index (χ2v) is 9.30. The van der Waals surface area contributed by atoms with Gasteiger partial charge in [0.15, 0.2) is 5.78 Å². The zero-order valence-electron chi connectivity index (χ0n) is 18.3. The van der Waals surface area contributed by atoms with Crippen molar-refractivity contribution in [3.63, 3.8) is 0 Å². The van der Waals surface area contributed by atoms with Gasteiger partial charge >= 0.3 is 6.03 Å². The Kier molecular flexibility index (Phi) is 8.32. The number of halogens is 1. The van der Waals surface area contributed by atoms with Crippen molar-refractivity contribution in [1.82, 2.24) is 16.0 Å². The second kappa shape index (κ2) is 10.8. The van der Waals surface area contributed by atoms with Crippen molar-refractivity contribution >= 4 is 40.3 Å². The van der Waals surface area contributed by atoms with E-state index in [2.05, 4.69) is 45.5 Å². The number of ketones is 1. The first-order valence-electron chi connectivity index (χ1n) is 11.1. The Labute approximate surface area is 197 Å². The zero-order valence-corrected chi connectivity index (χ0v) is 20.4. The number of hydrogen-bond acceptors (Lipinski definition) is 5. The van der Waals surface area contributed by atoms with Crippen LogP contribution in [0.3, 0.4) is 0 Å². The molecule has 1 unspecified atom stereocenters. The Morgan fingerprint density at radius 3 is 2.61 bits per heavy atom. The van der Waals surface area contributed by atoms with Gasteiger partial charge in [-0.1, -0.05) is 13.8 Å². The van der Waals surface area contributed by atoms with E-state index in [0.29, 0.717) is 29.2 Å². The van der Waals surface area contributed by atoms with Crippen LogP contribution in [0, 0.1) is 5.92 Å². The van der Waals surface area contributed by atoms with Crippen LogP contribution in [0.1, 0.15) is 68.3 Å². The van der Waals surface area contributed by atoms with Crippen molar-refractivity contribution in [1.29, 1.82) is 0 Å². The molecule has 2 aliphatic rings. The Morgan fingerprint density at radius 2 is 2.00 bits per heavy atom. The van der Waals surface area contributed by atoms with Gasteiger partial charge in [0.25, 0.3) is 5.91 Å². The first-order valence-corrected chi connectivity index (χ1v) is 12.6. The number of carbonyl (C=O) groups is 3. The standard InChI is InChI=1S/C23H32IN3O4/c1-3-16-12-18(31-14-24)8-9-19(16)20(28)10-11-23(21(29)26-22(30)27-23)13-25-17-6-4-15(2)5-7-17/h8-9,12,15,17,25H,3-7,10-11,13-14H2,1-2H3,(H2,26,27,29,30). The highest BCUT2D eigenvalue weighted by atomic mass is 127. The molecule has 1 saturated carbocycles. The maximum atomic E-state index is 13.0. The Hall–Kier alpha value is -1.68. The molecule has 1 aromatic rings. The van der Waals surface area contributed by atoms with Gasteiger partial charge in [-0.2, -0.15) is 0 Å². The van der Waals surface area contributed by atoms with Gasteiger partial charge in [0.1, 0.15) is 15.9 Å². The second-order valence-electron chi connectivity index (χ2n) is 8.68. The summed E-state index contributed by atoms with van der Waals surface area (Å²) in [6.45, 7) is 4.60. The number of nitrogens with one attached hydrogen (secondary N) is 3. The Bertz CT molecular complexity index is 823. The minimum Gasteiger partial charge on any atom is -0.483 e. The summed E-state index contributed by atoms with van der Waals surface area (Å²) in [7, 11) is 0. The van der Waals surface area contributed by atoms with Crippen molar-refractivity contribution in [3.8, 4) is 5.75 Å². The number of rotatable bonds is 10. The molecule has 0 spiro atoms. The Morgan fingerprint density at radius 1 is 1.26 bits per heavy atom. The average Bonchev–Trinajstić information content (AvgIpc) is 3.05. The van der Waals surface area contributed by atoms with E-state index in [0.717, 1.165) is 30.1 Å². The molecule has 2 fully saturated rings. The molecular formula is C23H32IN3O4. The van der Waals surface area contributed by atoms with Crippen molar-refractivity contribution in [2.24, 2.45) is 5.92 Å². The van der Waals surface area contributed by atoms with Gasteiger partial charge < -0.3 is 15.4 Å². The van der Waals surface area contributed by atoms with Gasteiger partial charge in [0.2, 0.25) is 0 Å². The third-order valence-electron chi connectivity index (χ3n) is 6.48. The lowest BCUT2D eigenvalue weighted by Crippen LogP contribution is -2.56. The fraction of sp³-hybridized carbons (Fsp3) is 0.609. The van der Waals surface area contributed by atoms with Crippen LogP contribution in [0.4, 0.5) is 4.79 Å². The predicted molar refractivity (Wildman–Crippen MR) is 128 cm³/mol. The molecule has 0 radical (unpaired) electrons. The number of benzene rings is 1. The molecule has 3 rings (SSSR count). The van der Waals surface area contributed by atoms with E-state index in [4.69, 9.17) is 4.74 Å². The molecule has 1 aliphatic heterocycles. The van der Waals surface area contributed by atoms with Crippen LogP contribution in [0.25, 0.3) is 0 Å². The SMILES string of the molecule is CCc1cc(OCI)ccc1C(=O)CCC1(CNC2CCC(C)CC2)NC(=O)NC1=O. The van der Waals surface area contributed by atoms with E-state index in [-0.39, 0.29) is 24.5 Å². The molecule has 170 valence electrons. The first-order chi connectivity index (χ1) is 14.9. The zero-order chi connectivity index (χ0) is 22.4. The Balaban J connectivity index is 1.67. The predicted octanol–water partition coefficient (Wildman–Crippen LogP) is 3.73. The summed E-state index contributed by atoms with van der Waals surface area (Å²) in [5.41, 5.74) is 0.486. The summed E-state index contributed by atoms with van der Waals surface area (Å²) in [5, 5.41) is 8.62. The fourth-order valence-electron chi connectivity index (χ4n) is 4.45. The van der Waals surface area contributed by atoms with Crippen molar-refractivity contribution in [3.05, 3.63) is 29.3 Å². The monoisotopic (exact) mass is 541 g/mol. The number of urea groups is 1. The third kappa shape index (κ3) is 5.97. The van der Waals surface area contributed by atoms with Crippen molar-refractivity contribution in [2.75, 3.05) is 11.2 Å². The van der Waals surface area contributed by atoms with Gasteiger partial charge in [0, 0.05) is 24.6 Å². The lowest BCUT2D eigenvalue weighted by atomic mass is 9.86. The van der Waals surface area contributed by atoms with E-state index < -0.39 is 11.6 Å². The fourth-order valence-corrected chi connectivity index (χ4v) is 4.81. The lowest BCUT2D eigenvalue weighted by Gasteiger charge is -2.32. The average molecular weight is 541 g/mol. The summed E-state index contributed by atoms with van der Waals surface area (Å²) in [4.78, 5) is 37.6. The van der Waals surface area contributed by atoms with Crippen LogP contribution in [-0.2, 0) is 11.2 Å². The maximum Gasteiger partial charge on any atom is 0.322 e. The molecule has 8 heteroatoms. The molecular weight excluding hydrogens is 509 g/mol. The minimum absolute atomic E-state index is 0.0299. The highest BCUT2D eigenvalue weighted by Crippen LogP contribution is 2.26.